The van der Waals surface area contributed by atoms with Crippen molar-refractivity contribution in [1.82, 2.24) is 13.6 Å². The number of benzene rings is 4. The number of thioether (sulfide) groups is 1. The zero-order chi connectivity index (χ0) is 42.3. The first-order chi connectivity index (χ1) is 27.5. The number of fused-ring (bicyclic) bond motifs is 2. The maximum atomic E-state index is 15.5. The molecule has 3 aliphatic rings. The lowest BCUT2D eigenvalue weighted by Gasteiger charge is -2.23. The predicted octanol–water partition coefficient (Wildman–Crippen LogP) is 6.24. The van der Waals surface area contributed by atoms with E-state index in [1.165, 1.54) is 22.3 Å². The Balaban J connectivity index is 1.44. The minimum atomic E-state index is -5.88. The van der Waals surface area contributed by atoms with Crippen molar-refractivity contribution in [3.63, 3.8) is 0 Å². The third-order valence-electron chi connectivity index (χ3n) is 9.84. The summed E-state index contributed by atoms with van der Waals surface area (Å²) in [5, 5.41) is 0.388. The van der Waals surface area contributed by atoms with E-state index in [0.29, 0.717) is 54.0 Å². The highest BCUT2D eigenvalue weighted by Crippen LogP contribution is 2.43. The molecule has 1 N–H and O–H groups in total. The standard InChI is InChI=1S/C39H38F4N4O7S4/c1-5-45(6-2)22-13-15-24-27(19-22)54-28-20-23(46(7-3)8-4)14-16-25(28)32(24)26-11-9-10-12-30(26)57(50,51)44-58(52,53)38-35(42)33(40)37(34(41)36(38)43)56-18-17-47-31(48)21-29(55)39(47)49/h9-16,19-20,29,44H,5-8,17-18,21H2,1-4H3/p+1. The highest BCUT2D eigenvalue weighted by atomic mass is 32.3. The van der Waals surface area contributed by atoms with Gasteiger partial charge >= 0.3 is 0 Å². The molecular weight excluding hydrogens is 841 g/mol. The van der Waals surface area contributed by atoms with Gasteiger partial charge in [-0.1, -0.05) is 18.2 Å². The Morgan fingerprint density at radius 3 is 2.12 bits per heavy atom. The van der Waals surface area contributed by atoms with Crippen molar-refractivity contribution >= 4 is 72.9 Å². The average molecular weight is 880 g/mol. The van der Waals surface area contributed by atoms with Crippen molar-refractivity contribution in [3.8, 4) is 22.5 Å². The van der Waals surface area contributed by atoms with E-state index in [2.05, 4.69) is 22.1 Å². The van der Waals surface area contributed by atoms with Crippen molar-refractivity contribution < 1.29 is 48.4 Å². The maximum absolute atomic E-state index is 15.5. The number of thiol groups is 1. The number of nitrogens with one attached hydrogen (secondary N) is 1. The van der Waals surface area contributed by atoms with Crippen LogP contribution in [0.2, 0.25) is 0 Å². The maximum Gasteiger partial charge on any atom is 0.259 e. The number of carbonyl (C=O) groups excluding carboxylic acids is 2. The highest BCUT2D eigenvalue weighted by Gasteiger charge is 2.39. The molecule has 1 unspecified atom stereocenters. The number of amides is 2. The quantitative estimate of drug-likeness (QED) is 0.0253. The van der Waals surface area contributed by atoms with Crippen LogP contribution in [0.5, 0.6) is 0 Å². The van der Waals surface area contributed by atoms with E-state index in [9.17, 15) is 26.4 Å². The third-order valence-corrected chi connectivity index (χ3v) is 14.9. The number of halogens is 4. The van der Waals surface area contributed by atoms with Crippen LogP contribution < -0.4 is 19.0 Å². The summed E-state index contributed by atoms with van der Waals surface area (Å²) in [6, 6.07) is 16.2. The number of rotatable bonds is 14. The first-order valence-corrected chi connectivity index (χ1v) is 22.7. The lowest BCUT2D eigenvalue weighted by molar-refractivity contribution is -0.137. The van der Waals surface area contributed by atoms with Gasteiger partial charge in [0.05, 0.1) is 21.1 Å². The topological polar surface area (TPSA) is 137 Å². The second-order valence-corrected chi connectivity index (χ2v) is 18.4. The summed E-state index contributed by atoms with van der Waals surface area (Å²) >= 11 is 4.17. The predicted molar refractivity (Wildman–Crippen MR) is 217 cm³/mol. The van der Waals surface area contributed by atoms with Gasteiger partial charge in [0.25, 0.3) is 20.0 Å². The lowest BCUT2D eigenvalue weighted by Crippen LogP contribution is -2.33. The molecule has 3 aromatic rings. The van der Waals surface area contributed by atoms with Crippen molar-refractivity contribution in [2.45, 2.75) is 54.1 Å². The minimum absolute atomic E-state index is 0.00793. The van der Waals surface area contributed by atoms with Gasteiger partial charge in [-0.3, -0.25) is 14.5 Å². The largest absolute Gasteiger partial charge is 0.456 e. The second kappa shape index (κ2) is 17.0. The zero-order valence-corrected chi connectivity index (χ0v) is 35.0. The fraction of sp³-hybridized carbons (Fsp3) is 0.308. The Kier molecular flexibility index (Phi) is 12.7. The molecule has 0 saturated carbocycles. The smallest absolute Gasteiger partial charge is 0.259 e. The summed E-state index contributed by atoms with van der Waals surface area (Å²) in [7, 11) is -11.2. The van der Waals surface area contributed by atoms with Crippen molar-refractivity contribution in [3.05, 3.63) is 89.3 Å². The number of sulfonamides is 2. The zero-order valence-electron chi connectivity index (χ0n) is 31.7. The van der Waals surface area contributed by atoms with Gasteiger partial charge in [0.1, 0.15) is 24.4 Å². The Morgan fingerprint density at radius 2 is 1.52 bits per heavy atom. The molecule has 0 bridgehead atoms. The lowest BCUT2D eigenvalue weighted by atomic mass is 9.93. The number of carbonyl (C=O) groups is 2. The molecule has 11 nitrogen and oxygen atoms in total. The molecule has 308 valence electrons. The van der Waals surface area contributed by atoms with Gasteiger partial charge < -0.3 is 9.32 Å². The molecule has 0 radical (unpaired) electrons. The molecule has 58 heavy (non-hydrogen) atoms. The number of likely N-dealkylation sites (tertiary alicyclic amines) is 1. The summed E-state index contributed by atoms with van der Waals surface area (Å²) in [5.74, 6) is -10.3. The summed E-state index contributed by atoms with van der Waals surface area (Å²) in [6.07, 6.45) is -0.199. The van der Waals surface area contributed by atoms with Gasteiger partial charge in [0.2, 0.25) is 17.2 Å². The third kappa shape index (κ3) is 7.98. The Morgan fingerprint density at radius 1 is 0.862 bits per heavy atom. The van der Waals surface area contributed by atoms with Gasteiger partial charge in [-0.25, -0.2) is 39.0 Å². The van der Waals surface area contributed by atoms with Crippen LogP contribution in [0.3, 0.4) is 0 Å². The average Bonchev–Trinajstić information content (AvgIpc) is 3.43. The molecular formula is C39H39F4N4O7S4+. The van der Waals surface area contributed by atoms with E-state index in [-0.39, 0.29) is 30.3 Å². The summed E-state index contributed by atoms with van der Waals surface area (Å²) in [6.45, 7) is 10.3. The Hall–Kier alpha value is -4.43. The second-order valence-electron chi connectivity index (χ2n) is 13.1. The molecule has 0 spiro atoms. The van der Waals surface area contributed by atoms with Crippen molar-refractivity contribution in [2.75, 3.05) is 43.4 Å². The fourth-order valence-electron chi connectivity index (χ4n) is 6.96. The van der Waals surface area contributed by atoms with Crippen LogP contribution in [-0.2, 0) is 29.6 Å². The molecule has 3 aromatic carbocycles. The summed E-state index contributed by atoms with van der Waals surface area (Å²) in [4.78, 5) is 22.9. The van der Waals surface area contributed by atoms with Gasteiger partial charge in [-0.15, -0.1) is 15.9 Å². The van der Waals surface area contributed by atoms with Crippen LogP contribution in [0, 0.1) is 23.3 Å². The monoisotopic (exact) mass is 879 g/mol. The minimum Gasteiger partial charge on any atom is -0.456 e. The summed E-state index contributed by atoms with van der Waals surface area (Å²) < 4.78 is 127. The van der Waals surface area contributed by atoms with Crippen LogP contribution in [0.25, 0.3) is 33.4 Å². The van der Waals surface area contributed by atoms with E-state index in [4.69, 9.17) is 4.42 Å². The van der Waals surface area contributed by atoms with Gasteiger partial charge in [-0.05, 0) is 52.0 Å². The number of nitrogens with zero attached hydrogens (tertiary/aromatic N) is 3. The molecule has 19 heteroatoms. The van der Waals surface area contributed by atoms with E-state index in [1.807, 2.05) is 52.0 Å². The van der Waals surface area contributed by atoms with Crippen LogP contribution >= 0.6 is 24.4 Å². The van der Waals surface area contributed by atoms with Crippen molar-refractivity contribution in [1.29, 1.82) is 0 Å². The molecule has 0 aromatic heterocycles. The SMILES string of the molecule is CCN(CC)c1ccc2c(-c3ccccc3S(=O)(=O)NS(=O)(=O)c3c(F)c(F)c(SCCN4C(=O)CC(S)C4=O)c(F)c3F)c3ccc(=[N+](CC)CC)cc-3oc2c1. The van der Waals surface area contributed by atoms with Crippen LogP contribution in [0.15, 0.2) is 79.8 Å². The first-order valence-electron chi connectivity index (χ1n) is 18.2. The first kappa shape index (κ1) is 43.2. The molecule has 1 atom stereocenters. The van der Waals surface area contributed by atoms with Gasteiger partial charge in [0.15, 0.2) is 28.2 Å². The van der Waals surface area contributed by atoms with Crippen LogP contribution in [0.1, 0.15) is 34.1 Å². The van der Waals surface area contributed by atoms with Gasteiger partial charge in [0, 0.05) is 71.7 Å². The molecule has 1 saturated heterocycles. The number of hydrogen-bond acceptors (Lipinski definition) is 10. The van der Waals surface area contributed by atoms with E-state index < -0.39 is 80.8 Å². The number of hydrogen-bond donors (Lipinski definition) is 2. The van der Waals surface area contributed by atoms with E-state index >= 15 is 17.6 Å². The Bertz CT molecular complexity index is 2690. The Labute approximate surface area is 342 Å². The number of imide groups is 1. The van der Waals surface area contributed by atoms with Crippen molar-refractivity contribution in [2.24, 2.45) is 0 Å². The van der Waals surface area contributed by atoms with Gasteiger partial charge in [-0.2, -0.15) is 12.6 Å². The fourth-order valence-corrected chi connectivity index (χ4v) is 11.4. The molecule has 2 amide bonds. The molecule has 2 aliphatic heterocycles. The van der Waals surface area contributed by atoms with E-state index in [1.54, 1.807) is 12.1 Å². The van der Waals surface area contributed by atoms with Crippen LogP contribution in [0.4, 0.5) is 23.2 Å². The summed E-state index contributed by atoms with van der Waals surface area (Å²) in [5.41, 5.74) is 2.00. The highest BCUT2D eigenvalue weighted by molar-refractivity contribution is 8.04. The molecule has 1 fully saturated rings. The molecule has 2 heterocycles. The van der Waals surface area contributed by atoms with E-state index in [0.717, 1.165) is 22.0 Å². The number of anilines is 1. The normalized spacial score (nSPS) is 14.9. The molecule has 6 rings (SSSR count). The molecule has 1 aliphatic carbocycles. The van der Waals surface area contributed by atoms with Crippen LogP contribution in [-0.4, -0.2) is 77.3 Å².